The van der Waals surface area contributed by atoms with Crippen LogP contribution in [0.2, 0.25) is 0 Å². The van der Waals surface area contributed by atoms with Crippen molar-refractivity contribution in [2.24, 2.45) is 0 Å². The lowest BCUT2D eigenvalue weighted by atomic mass is 10.4. The van der Waals surface area contributed by atoms with Crippen LogP contribution in [0.25, 0.3) is 0 Å². The van der Waals surface area contributed by atoms with E-state index in [1.54, 1.807) is 17.5 Å². The number of hydrogen-bond acceptors (Lipinski definition) is 4. The molecule has 68 valence electrons. The van der Waals surface area contributed by atoms with Crippen LogP contribution >= 0.6 is 11.3 Å². The predicted molar refractivity (Wildman–Crippen MR) is 51.2 cm³/mol. The number of rotatable bonds is 4. The first-order valence-corrected chi connectivity index (χ1v) is 4.90. The van der Waals surface area contributed by atoms with Crippen LogP contribution in [0, 0.1) is 0 Å². The normalized spacial score (nSPS) is 10.5. The maximum Gasteiger partial charge on any atom is 0.106 e. The van der Waals surface area contributed by atoms with Gasteiger partial charge < -0.3 is 5.32 Å². The molecule has 0 aliphatic rings. The molecule has 2 aromatic rings. The standard InChI is InChI=1S/C8H10N4S/c1-2-11-12-7(1)5-9-6-8-10-3-4-13-8/h1-4,9H,5-6H2,(H,11,12). The first-order valence-electron chi connectivity index (χ1n) is 4.02. The van der Waals surface area contributed by atoms with E-state index < -0.39 is 0 Å². The SMILES string of the molecule is c1cc(CNCc2nccs2)[nH]n1. The molecule has 0 bridgehead atoms. The second-order valence-corrected chi connectivity index (χ2v) is 3.59. The molecule has 0 spiro atoms. The Hall–Kier alpha value is -1.20. The van der Waals surface area contributed by atoms with Gasteiger partial charge in [0.05, 0.1) is 0 Å². The third-order valence-corrected chi connectivity index (χ3v) is 2.41. The Bertz CT molecular complexity index is 293. The van der Waals surface area contributed by atoms with E-state index >= 15 is 0 Å². The number of nitrogens with one attached hydrogen (secondary N) is 2. The molecule has 0 saturated heterocycles. The van der Waals surface area contributed by atoms with Gasteiger partial charge in [-0.3, -0.25) is 5.10 Å². The lowest BCUT2D eigenvalue weighted by Gasteiger charge is -1.98. The van der Waals surface area contributed by atoms with E-state index in [9.17, 15) is 0 Å². The number of aromatic nitrogens is 3. The fourth-order valence-electron chi connectivity index (χ4n) is 1.03. The lowest BCUT2D eigenvalue weighted by Crippen LogP contribution is -2.12. The van der Waals surface area contributed by atoms with E-state index in [0.29, 0.717) is 0 Å². The zero-order chi connectivity index (χ0) is 8.93. The minimum absolute atomic E-state index is 0.805. The maximum absolute atomic E-state index is 4.17. The molecular formula is C8H10N4S. The Morgan fingerprint density at radius 3 is 3.08 bits per heavy atom. The van der Waals surface area contributed by atoms with E-state index in [0.717, 1.165) is 23.8 Å². The van der Waals surface area contributed by atoms with Crippen LogP contribution in [0.15, 0.2) is 23.8 Å². The smallest absolute Gasteiger partial charge is 0.106 e. The first-order chi connectivity index (χ1) is 6.45. The molecule has 0 atom stereocenters. The number of nitrogens with zero attached hydrogens (tertiary/aromatic N) is 2. The van der Waals surface area contributed by atoms with Gasteiger partial charge in [0.1, 0.15) is 5.01 Å². The van der Waals surface area contributed by atoms with Crippen molar-refractivity contribution in [3.8, 4) is 0 Å². The van der Waals surface area contributed by atoms with Gasteiger partial charge in [0.25, 0.3) is 0 Å². The number of aromatic amines is 1. The lowest BCUT2D eigenvalue weighted by molar-refractivity contribution is 0.674. The van der Waals surface area contributed by atoms with Gasteiger partial charge in [0.15, 0.2) is 0 Å². The van der Waals surface area contributed by atoms with E-state index in [2.05, 4.69) is 20.5 Å². The van der Waals surface area contributed by atoms with Crippen molar-refractivity contribution in [2.75, 3.05) is 0 Å². The van der Waals surface area contributed by atoms with Gasteiger partial charge in [-0.1, -0.05) is 0 Å². The summed E-state index contributed by atoms with van der Waals surface area (Å²) in [5, 5.41) is 13.1. The highest BCUT2D eigenvalue weighted by Crippen LogP contribution is 2.02. The van der Waals surface area contributed by atoms with Crippen LogP contribution in [-0.2, 0) is 13.1 Å². The summed E-state index contributed by atoms with van der Waals surface area (Å²) in [5.74, 6) is 0. The summed E-state index contributed by atoms with van der Waals surface area (Å²) in [6.07, 6.45) is 3.57. The third-order valence-electron chi connectivity index (χ3n) is 1.63. The van der Waals surface area contributed by atoms with Gasteiger partial charge in [-0.05, 0) is 6.07 Å². The predicted octanol–water partition coefficient (Wildman–Crippen LogP) is 1.16. The molecule has 4 nitrogen and oxygen atoms in total. The molecule has 13 heavy (non-hydrogen) atoms. The van der Waals surface area contributed by atoms with Crippen LogP contribution in [0.3, 0.4) is 0 Å². The average Bonchev–Trinajstić information content (AvgIpc) is 2.75. The van der Waals surface area contributed by atoms with Gasteiger partial charge in [-0.25, -0.2) is 4.98 Å². The van der Waals surface area contributed by atoms with Crippen LogP contribution in [0.1, 0.15) is 10.7 Å². The van der Waals surface area contributed by atoms with Crippen molar-refractivity contribution < 1.29 is 0 Å². The zero-order valence-corrected chi connectivity index (χ0v) is 7.84. The van der Waals surface area contributed by atoms with E-state index in [1.165, 1.54) is 0 Å². The maximum atomic E-state index is 4.17. The van der Waals surface area contributed by atoms with Gasteiger partial charge in [0, 0.05) is 36.6 Å². The highest BCUT2D eigenvalue weighted by atomic mass is 32.1. The molecular weight excluding hydrogens is 184 g/mol. The molecule has 5 heteroatoms. The van der Waals surface area contributed by atoms with Crippen molar-refractivity contribution in [1.29, 1.82) is 0 Å². The van der Waals surface area contributed by atoms with Crippen molar-refractivity contribution in [1.82, 2.24) is 20.5 Å². The zero-order valence-electron chi connectivity index (χ0n) is 7.03. The van der Waals surface area contributed by atoms with Crippen LogP contribution in [0.5, 0.6) is 0 Å². The van der Waals surface area contributed by atoms with Crippen LogP contribution in [-0.4, -0.2) is 15.2 Å². The molecule has 2 rings (SSSR count). The number of hydrogen-bond donors (Lipinski definition) is 2. The average molecular weight is 194 g/mol. The van der Waals surface area contributed by atoms with Gasteiger partial charge in [-0.2, -0.15) is 5.10 Å². The van der Waals surface area contributed by atoms with Gasteiger partial charge in [0.2, 0.25) is 0 Å². The van der Waals surface area contributed by atoms with Crippen molar-refractivity contribution in [2.45, 2.75) is 13.1 Å². The summed E-state index contributed by atoms with van der Waals surface area (Å²) in [7, 11) is 0. The summed E-state index contributed by atoms with van der Waals surface area (Å²) in [6.45, 7) is 1.62. The molecule has 0 unspecified atom stereocenters. The third kappa shape index (κ3) is 2.37. The first kappa shape index (κ1) is 8.40. The number of thiazole rings is 1. The number of H-pyrrole nitrogens is 1. The second kappa shape index (κ2) is 4.15. The minimum Gasteiger partial charge on any atom is -0.305 e. The summed E-state index contributed by atoms with van der Waals surface area (Å²) in [4.78, 5) is 4.17. The van der Waals surface area contributed by atoms with Gasteiger partial charge >= 0.3 is 0 Å². The second-order valence-electron chi connectivity index (χ2n) is 2.61. The highest BCUT2D eigenvalue weighted by molar-refractivity contribution is 7.09. The molecule has 2 aromatic heterocycles. The van der Waals surface area contributed by atoms with E-state index in [-0.39, 0.29) is 0 Å². The Balaban J connectivity index is 1.76. The molecule has 0 radical (unpaired) electrons. The van der Waals surface area contributed by atoms with E-state index in [4.69, 9.17) is 0 Å². The summed E-state index contributed by atoms with van der Waals surface area (Å²) in [5.41, 5.74) is 1.09. The molecule has 0 aliphatic carbocycles. The Labute approximate surface area is 80.0 Å². The molecule has 2 N–H and O–H groups in total. The largest absolute Gasteiger partial charge is 0.305 e. The highest BCUT2D eigenvalue weighted by Gasteiger charge is 1.95. The summed E-state index contributed by atoms with van der Waals surface area (Å²) in [6, 6.07) is 1.95. The Morgan fingerprint density at radius 2 is 2.38 bits per heavy atom. The minimum atomic E-state index is 0.805. The Kier molecular flexibility index (Phi) is 2.68. The quantitative estimate of drug-likeness (QED) is 0.767. The molecule has 0 aromatic carbocycles. The fourth-order valence-corrected chi connectivity index (χ4v) is 1.61. The van der Waals surface area contributed by atoms with Crippen LogP contribution < -0.4 is 5.32 Å². The molecule has 0 fully saturated rings. The fraction of sp³-hybridized carbons (Fsp3) is 0.250. The monoisotopic (exact) mass is 194 g/mol. The molecule has 0 saturated carbocycles. The summed E-state index contributed by atoms with van der Waals surface area (Å²) < 4.78 is 0. The molecule has 2 heterocycles. The van der Waals surface area contributed by atoms with E-state index in [1.807, 2.05) is 17.6 Å². The van der Waals surface area contributed by atoms with Crippen molar-refractivity contribution in [3.63, 3.8) is 0 Å². The van der Waals surface area contributed by atoms with Crippen LogP contribution in [0.4, 0.5) is 0 Å². The van der Waals surface area contributed by atoms with Gasteiger partial charge in [-0.15, -0.1) is 11.3 Å². The topological polar surface area (TPSA) is 53.6 Å². The molecule has 0 aliphatic heterocycles. The Morgan fingerprint density at radius 1 is 1.38 bits per heavy atom. The van der Waals surface area contributed by atoms with Crippen molar-refractivity contribution >= 4 is 11.3 Å². The van der Waals surface area contributed by atoms with Crippen molar-refractivity contribution in [3.05, 3.63) is 34.5 Å². The molecule has 0 amide bonds. The summed E-state index contributed by atoms with van der Waals surface area (Å²) >= 11 is 1.66.